The molecule has 0 aliphatic rings. The molecule has 1 aromatic heterocycles. The summed E-state index contributed by atoms with van der Waals surface area (Å²) in [4.78, 5) is 19.7. The van der Waals surface area contributed by atoms with Crippen LogP contribution in [0.25, 0.3) is 0 Å². The van der Waals surface area contributed by atoms with Gasteiger partial charge in [0, 0.05) is 16.8 Å². The van der Waals surface area contributed by atoms with Gasteiger partial charge in [0.2, 0.25) is 12.2 Å². The second-order valence-electron chi connectivity index (χ2n) is 5.43. The SMILES string of the molecule is N#CN=C(NCC(Cl)(Cl)CNC(=O)c1ccc(Cl)cc1)Nc1cccnc1Cl. The number of hydrogen-bond acceptors (Lipinski definition) is 4. The van der Waals surface area contributed by atoms with Gasteiger partial charge in [-0.3, -0.25) is 4.79 Å². The topological polar surface area (TPSA) is 102 Å². The average molecular weight is 460 g/mol. The average Bonchev–Trinajstić information content (AvgIpc) is 2.67. The van der Waals surface area contributed by atoms with E-state index in [-0.39, 0.29) is 30.1 Å². The second-order valence-corrected chi connectivity index (χ2v) is 7.86. The van der Waals surface area contributed by atoms with Crippen LogP contribution in [-0.2, 0) is 0 Å². The highest BCUT2D eigenvalue weighted by molar-refractivity contribution is 6.49. The van der Waals surface area contributed by atoms with Crippen LogP contribution in [0.5, 0.6) is 0 Å². The van der Waals surface area contributed by atoms with Crippen LogP contribution in [-0.4, -0.2) is 34.3 Å². The van der Waals surface area contributed by atoms with E-state index in [9.17, 15) is 4.79 Å². The highest BCUT2D eigenvalue weighted by atomic mass is 35.5. The van der Waals surface area contributed by atoms with E-state index in [1.165, 1.54) is 6.20 Å². The molecule has 3 N–H and O–H groups in total. The van der Waals surface area contributed by atoms with E-state index < -0.39 is 4.33 Å². The molecule has 1 amide bonds. The zero-order chi connectivity index (χ0) is 20.6. The summed E-state index contributed by atoms with van der Waals surface area (Å²) in [6.07, 6.45) is 3.17. The quantitative estimate of drug-likeness (QED) is 0.200. The number of nitrogens with zero attached hydrogens (tertiary/aromatic N) is 3. The Morgan fingerprint density at radius 2 is 1.82 bits per heavy atom. The van der Waals surface area contributed by atoms with Gasteiger partial charge in [-0.15, -0.1) is 4.99 Å². The molecule has 0 saturated heterocycles. The standard InChI is InChI=1S/C17H14Cl4N6O/c18-12-5-3-11(4-6-12)15(28)24-8-17(20,21)9-25-16(26-10-22)27-13-2-1-7-23-14(13)19/h1-7H,8-9H2,(H,24,28)(H2,25,26,27). The first-order valence-electron chi connectivity index (χ1n) is 7.80. The fourth-order valence-corrected chi connectivity index (χ4v) is 2.52. The van der Waals surface area contributed by atoms with Gasteiger partial charge >= 0.3 is 0 Å². The lowest BCUT2D eigenvalue weighted by Gasteiger charge is -2.22. The Hall–Kier alpha value is -2.24. The van der Waals surface area contributed by atoms with Gasteiger partial charge in [0.15, 0.2) is 9.49 Å². The number of aromatic nitrogens is 1. The summed E-state index contributed by atoms with van der Waals surface area (Å²) in [6.45, 7) is -0.0829. The highest BCUT2D eigenvalue weighted by Crippen LogP contribution is 2.20. The number of hydrogen-bond donors (Lipinski definition) is 3. The molecule has 0 saturated carbocycles. The van der Waals surface area contributed by atoms with E-state index in [4.69, 9.17) is 51.7 Å². The lowest BCUT2D eigenvalue weighted by Crippen LogP contribution is -2.45. The number of nitriles is 1. The van der Waals surface area contributed by atoms with Crippen molar-refractivity contribution in [2.24, 2.45) is 4.99 Å². The van der Waals surface area contributed by atoms with Crippen molar-refractivity contribution in [1.82, 2.24) is 15.6 Å². The summed E-state index contributed by atoms with van der Waals surface area (Å²) in [5.41, 5.74) is 0.859. The number of guanidine groups is 1. The molecule has 0 bridgehead atoms. The molecule has 0 aliphatic carbocycles. The van der Waals surface area contributed by atoms with E-state index in [1.807, 2.05) is 0 Å². The maximum Gasteiger partial charge on any atom is 0.251 e. The number of aliphatic imine (C=N–C) groups is 1. The smallest absolute Gasteiger partial charge is 0.251 e. The minimum atomic E-state index is -1.38. The minimum Gasteiger partial charge on any atom is -0.352 e. The van der Waals surface area contributed by atoms with E-state index in [0.717, 1.165) is 0 Å². The molecule has 0 fully saturated rings. The fourth-order valence-electron chi connectivity index (χ4n) is 1.96. The van der Waals surface area contributed by atoms with Crippen LogP contribution in [0.2, 0.25) is 10.2 Å². The normalized spacial score (nSPS) is 11.5. The van der Waals surface area contributed by atoms with Gasteiger partial charge in [-0.2, -0.15) is 5.26 Å². The third kappa shape index (κ3) is 7.06. The molecule has 11 heteroatoms. The molecule has 0 spiro atoms. The molecule has 28 heavy (non-hydrogen) atoms. The Bertz CT molecular complexity index is 895. The van der Waals surface area contributed by atoms with Crippen molar-refractivity contribution >= 4 is 64.0 Å². The van der Waals surface area contributed by atoms with Crippen molar-refractivity contribution < 1.29 is 4.79 Å². The largest absolute Gasteiger partial charge is 0.352 e. The molecule has 0 aliphatic heterocycles. The van der Waals surface area contributed by atoms with Gasteiger partial charge in [-0.25, -0.2) is 4.98 Å². The Balaban J connectivity index is 1.91. The highest BCUT2D eigenvalue weighted by Gasteiger charge is 2.25. The van der Waals surface area contributed by atoms with Crippen LogP contribution in [0.3, 0.4) is 0 Å². The summed E-state index contributed by atoms with van der Waals surface area (Å²) < 4.78 is -1.38. The molecule has 1 heterocycles. The van der Waals surface area contributed by atoms with Crippen molar-refractivity contribution in [1.29, 1.82) is 5.26 Å². The minimum absolute atomic E-state index is 0.0254. The number of amides is 1. The first-order chi connectivity index (χ1) is 13.3. The summed E-state index contributed by atoms with van der Waals surface area (Å²) >= 11 is 24.2. The Morgan fingerprint density at radius 3 is 2.46 bits per heavy atom. The summed E-state index contributed by atoms with van der Waals surface area (Å²) in [6, 6.07) is 9.69. The van der Waals surface area contributed by atoms with Gasteiger partial charge in [0.05, 0.1) is 18.8 Å². The molecule has 2 rings (SSSR count). The first kappa shape index (κ1) is 22.1. The summed E-state index contributed by atoms with van der Waals surface area (Å²) in [7, 11) is 0. The molecule has 146 valence electrons. The van der Waals surface area contributed by atoms with Crippen LogP contribution in [0.1, 0.15) is 10.4 Å². The van der Waals surface area contributed by atoms with E-state index >= 15 is 0 Å². The van der Waals surface area contributed by atoms with Gasteiger partial charge in [-0.1, -0.05) is 46.4 Å². The molecule has 0 unspecified atom stereocenters. The zero-order valence-electron chi connectivity index (χ0n) is 14.2. The lowest BCUT2D eigenvalue weighted by atomic mass is 10.2. The van der Waals surface area contributed by atoms with Crippen molar-refractivity contribution in [3.63, 3.8) is 0 Å². The van der Waals surface area contributed by atoms with Crippen molar-refractivity contribution in [2.75, 3.05) is 18.4 Å². The third-order valence-corrected chi connectivity index (χ3v) is 4.39. The Labute approximate surface area is 181 Å². The fraction of sp³-hybridized carbons (Fsp3) is 0.176. The lowest BCUT2D eigenvalue weighted by molar-refractivity contribution is 0.0952. The van der Waals surface area contributed by atoms with Crippen molar-refractivity contribution in [3.05, 3.63) is 58.3 Å². The van der Waals surface area contributed by atoms with Gasteiger partial charge in [0.25, 0.3) is 5.91 Å². The number of halogens is 4. The summed E-state index contributed by atoms with van der Waals surface area (Å²) in [5, 5.41) is 17.8. The number of alkyl halides is 2. The molecule has 7 nitrogen and oxygen atoms in total. The molecule has 1 aromatic carbocycles. The number of carbonyl (C=O) groups is 1. The molecule has 2 aromatic rings. The van der Waals surface area contributed by atoms with Crippen molar-refractivity contribution in [3.8, 4) is 6.19 Å². The summed E-state index contributed by atoms with van der Waals surface area (Å²) in [5.74, 6) is -0.277. The molecule has 0 radical (unpaired) electrons. The predicted octanol–water partition coefficient (Wildman–Crippen LogP) is 3.83. The number of benzene rings is 1. The van der Waals surface area contributed by atoms with E-state index in [0.29, 0.717) is 16.3 Å². The Kier molecular flexibility index (Phi) is 8.15. The monoisotopic (exact) mass is 458 g/mol. The molecular weight excluding hydrogens is 446 g/mol. The number of nitrogens with one attached hydrogen (secondary N) is 3. The van der Waals surface area contributed by atoms with Gasteiger partial charge in [0.1, 0.15) is 0 Å². The zero-order valence-corrected chi connectivity index (χ0v) is 17.2. The third-order valence-electron chi connectivity index (χ3n) is 3.30. The maximum absolute atomic E-state index is 12.1. The van der Waals surface area contributed by atoms with E-state index in [1.54, 1.807) is 42.6 Å². The van der Waals surface area contributed by atoms with E-state index in [2.05, 4.69) is 25.9 Å². The van der Waals surface area contributed by atoms with Crippen LogP contribution in [0, 0.1) is 11.5 Å². The van der Waals surface area contributed by atoms with Crippen molar-refractivity contribution in [2.45, 2.75) is 4.33 Å². The molecular formula is C17H14Cl4N6O. The van der Waals surface area contributed by atoms with Gasteiger partial charge < -0.3 is 16.0 Å². The number of carbonyl (C=O) groups excluding carboxylic acids is 1. The Morgan fingerprint density at radius 1 is 1.14 bits per heavy atom. The number of pyridine rings is 1. The van der Waals surface area contributed by atoms with Crippen LogP contribution in [0.4, 0.5) is 5.69 Å². The first-order valence-corrected chi connectivity index (χ1v) is 9.32. The predicted molar refractivity (Wildman–Crippen MR) is 112 cm³/mol. The van der Waals surface area contributed by atoms with Crippen LogP contribution >= 0.6 is 46.4 Å². The van der Waals surface area contributed by atoms with Gasteiger partial charge in [-0.05, 0) is 36.4 Å². The molecule has 0 atom stereocenters. The van der Waals surface area contributed by atoms with Crippen LogP contribution < -0.4 is 16.0 Å². The second kappa shape index (κ2) is 10.3. The van der Waals surface area contributed by atoms with Crippen LogP contribution in [0.15, 0.2) is 47.6 Å². The maximum atomic E-state index is 12.1. The number of rotatable bonds is 6. The number of anilines is 1.